The third kappa shape index (κ3) is 4.61. The van der Waals surface area contributed by atoms with E-state index in [9.17, 15) is 9.59 Å². The van der Waals surface area contributed by atoms with Gasteiger partial charge in [0, 0.05) is 12.8 Å². The van der Waals surface area contributed by atoms with Crippen LogP contribution in [0.5, 0.6) is 0 Å². The van der Waals surface area contributed by atoms with Crippen LogP contribution >= 0.6 is 0 Å². The summed E-state index contributed by atoms with van der Waals surface area (Å²) in [7, 11) is 0. The van der Waals surface area contributed by atoms with Crippen molar-refractivity contribution in [2.45, 2.75) is 104 Å². The second-order valence-electron chi connectivity index (χ2n) is 13.2. The Hall–Kier alpha value is -1.90. The molecule has 4 aliphatic carbocycles. The third-order valence-electron chi connectivity index (χ3n) is 11.3. The van der Waals surface area contributed by atoms with Crippen LogP contribution in [0.3, 0.4) is 0 Å². The Morgan fingerprint density at radius 3 is 2.56 bits per heavy atom. The van der Waals surface area contributed by atoms with Crippen LogP contribution in [0.4, 0.5) is 0 Å². The summed E-state index contributed by atoms with van der Waals surface area (Å²) in [6.07, 6.45) is 15.3. The van der Waals surface area contributed by atoms with Crippen LogP contribution in [0.25, 0.3) is 0 Å². The van der Waals surface area contributed by atoms with Crippen molar-refractivity contribution >= 4 is 11.8 Å². The zero-order valence-corrected chi connectivity index (χ0v) is 22.9. The third-order valence-corrected chi connectivity index (χ3v) is 11.3. The van der Waals surface area contributed by atoms with Crippen LogP contribution in [0.2, 0.25) is 0 Å². The number of allylic oxidation sites excluding steroid dienone is 1. The molecule has 0 spiro atoms. The lowest BCUT2D eigenvalue weighted by atomic mass is 9.47. The Kier molecular flexibility index (Phi) is 7.22. The fourth-order valence-corrected chi connectivity index (χ4v) is 9.37. The van der Waals surface area contributed by atoms with Crippen LogP contribution < -0.4 is 0 Å². The number of hydrogen-bond donors (Lipinski definition) is 0. The minimum absolute atomic E-state index is 0.00847. The first-order chi connectivity index (χ1) is 17.2. The molecule has 0 aromatic heterocycles. The van der Waals surface area contributed by atoms with Crippen molar-refractivity contribution in [3.63, 3.8) is 0 Å². The summed E-state index contributed by atoms with van der Waals surface area (Å²) in [6, 6.07) is 9.42. The first-order valence-corrected chi connectivity index (χ1v) is 14.7. The van der Waals surface area contributed by atoms with Crippen molar-refractivity contribution in [2.24, 2.45) is 40.4 Å². The van der Waals surface area contributed by atoms with E-state index in [1.54, 1.807) is 12.5 Å². The number of carbonyl (C=O) groups excluding carboxylic acids is 2. The van der Waals surface area contributed by atoms with Gasteiger partial charge in [-0.15, -0.1) is 0 Å². The van der Waals surface area contributed by atoms with E-state index in [1.807, 2.05) is 30.3 Å². The van der Waals surface area contributed by atoms with Crippen molar-refractivity contribution < 1.29 is 14.3 Å². The number of ether oxygens (including phenoxy) is 1. The van der Waals surface area contributed by atoms with Crippen molar-refractivity contribution in [3.8, 4) is 0 Å². The molecule has 1 aromatic carbocycles. The molecule has 0 aliphatic heterocycles. The second kappa shape index (κ2) is 10.1. The molecule has 5 rings (SSSR count). The molecule has 3 fully saturated rings. The van der Waals surface area contributed by atoms with Gasteiger partial charge in [-0.3, -0.25) is 0 Å². The molecule has 36 heavy (non-hydrogen) atoms. The van der Waals surface area contributed by atoms with Gasteiger partial charge < -0.3 is 9.53 Å². The lowest BCUT2D eigenvalue weighted by Gasteiger charge is -2.58. The molecular formula is C33H46O3. The fraction of sp³-hybridized carbons (Fsp3) is 0.697. The largest absolute Gasteiger partial charge is 0.458 e. The van der Waals surface area contributed by atoms with E-state index < -0.39 is 0 Å². The summed E-state index contributed by atoms with van der Waals surface area (Å²) in [6.45, 7) is 9.34. The maximum atomic E-state index is 12.7. The van der Waals surface area contributed by atoms with Crippen molar-refractivity contribution in [1.82, 2.24) is 0 Å². The monoisotopic (exact) mass is 490 g/mol. The van der Waals surface area contributed by atoms with E-state index in [0.29, 0.717) is 16.8 Å². The van der Waals surface area contributed by atoms with Gasteiger partial charge >= 0.3 is 5.97 Å². The minimum Gasteiger partial charge on any atom is -0.458 e. The summed E-state index contributed by atoms with van der Waals surface area (Å²) in [5.74, 6) is 4.09. The van der Waals surface area contributed by atoms with Crippen LogP contribution in [0, 0.1) is 40.4 Å². The molecule has 3 saturated carbocycles. The van der Waals surface area contributed by atoms with Crippen LogP contribution in [0.15, 0.2) is 42.0 Å². The standard InChI is InChI=1S/C33H46O3/c1-22(9-8-10-23(2)34)28-15-16-29-27-14-13-25-21-26(36-31(35)24-11-6-5-7-12-24)17-19-32(25,3)30(27)18-20-33(28,29)4/h5-7,11-13,22,26-30H,8-10,14-21H2,1-4H3/t22-,26-,27+,28-,29+,30+,32-,33-/m0/s1. The number of benzene rings is 1. The van der Waals surface area contributed by atoms with Crippen LogP contribution in [-0.4, -0.2) is 17.9 Å². The predicted molar refractivity (Wildman–Crippen MR) is 145 cm³/mol. The summed E-state index contributed by atoms with van der Waals surface area (Å²) in [4.78, 5) is 24.1. The SMILES string of the molecule is CC(=O)CCC[C@H](C)[C@@H]1CC[C@@H]2[C@H]3CC=C4C[C@@H](OC(=O)c5ccccc5)CC[C@]4(C)[C@@H]3CC[C@]21C. The zero-order valence-electron chi connectivity index (χ0n) is 22.9. The average molecular weight is 491 g/mol. The maximum Gasteiger partial charge on any atom is 0.338 e. The molecule has 3 heteroatoms. The van der Waals surface area contributed by atoms with Gasteiger partial charge in [0.1, 0.15) is 11.9 Å². The van der Waals surface area contributed by atoms with E-state index in [4.69, 9.17) is 4.74 Å². The smallest absolute Gasteiger partial charge is 0.338 e. The molecule has 4 aliphatic rings. The Morgan fingerprint density at radius 1 is 1.03 bits per heavy atom. The van der Waals surface area contributed by atoms with Gasteiger partial charge in [0.25, 0.3) is 0 Å². The van der Waals surface area contributed by atoms with E-state index in [0.717, 1.165) is 61.7 Å². The molecule has 0 unspecified atom stereocenters. The van der Waals surface area contributed by atoms with Crippen molar-refractivity contribution in [3.05, 3.63) is 47.5 Å². The first kappa shape index (κ1) is 25.7. The topological polar surface area (TPSA) is 43.4 Å². The van der Waals surface area contributed by atoms with Gasteiger partial charge in [-0.25, -0.2) is 4.79 Å². The molecule has 8 atom stereocenters. The Morgan fingerprint density at radius 2 is 1.81 bits per heavy atom. The molecule has 0 bridgehead atoms. The molecule has 0 N–H and O–H groups in total. The number of Topliss-reactive ketones (excluding diaryl/α,β-unsaturated/α-hetero) is 1. The lowest BCUT2D eigenvalue weighted by molar-refractivity contribution is -0.117. The van der Waals surface area contributed by atoms with Gasteiger partial charge in [0.05, 0.1) is 5.56 Å². The molecular weight excluding hydrogens is 444 g/mol. The summed E-state index contributed by atoms with van der Waals surface area (Å²) in [5, 5.41) is 0. The van der Waals surface area contributed by atoms with Crippen molar-refractivity contribution in [2.75, 3.05) is 0 Å². The van der Waals surface area contributed by atoms with Crippen LogP contribution in [0.1, 0.15) is 109 Å². The minimum atomic E-state index is -0.179. The molecule has 0 saturated heterocycles. The van der Waals surface area contributed by atoms with E-state index >= 15 is 0 Å². The summed E-state index contributed by atoms with van der Waals surface area (Å²) < 4.78 is 5.98. The number of esters is 1. The van der Waals surface area contributed by atoms with Gasteiger partial charge in [-0.2, -0.15) is 0 Å². The Bertz CT molecular complexity index is 995. The van der Waals surface area contributed by atoms with E-state index in [1.165, 1.54) is 38.5 Å². The molecule has 0 heterocycles. The van der Waals surface area contributed by atoms with Crippen LogP contribution in [-0.2, 0) is 9.53 Å². The normalized spacial score (nSPS) is 38.2. The molecule has 1 aromatic rings. The number of hydrogen-bond acceptors (Lipinski definition) is 3. The maximum absolute atomic E-state index is 12.7. The average Bonchev–Trinajstić information content (AvgIpc) is 3.22. The summed E-state index contributed by atoms with van der Waals surface area (Å²) >= 11 is 0. The van der Waals surface area contributed by atoms with Gasteiger partial charge in [0.15, 0.2) is 0 Å². The van der Waals surface area contributed by atoms with Crippen molar-refractivity contribution in [1.29, 1.82) is 0 Å². The number of fused-ring (bicyclic) bond motifs is 5. The fourth-order valence-electron chi connectivity index (χ4n) is 9.37. The van der Waals surface area contributed by atoms with Gasteiger partial charge in [-0.05, 0) is 111 Å². The first-order valence-electron chi connectivity index (χ1n) is 14.7. The molecule has 0 radical (unpaired) electrons. The predicted octanol–water partition coefficient (Wildman–Crippen LogP) is 8.19. The number of ketones is 1. The highest BCUT2D eigenvalue weighted by Gasteiger charge is 2.59. The lowest BCUT2D eigenvalue weighted by Crippen LogP contribution is -2.51. The highest BCUT2D eigenvalue weighted by Crippen LogP contribution is 2.67. The Balaban J connectivity index is 1.26. The van der Waals surface area contributed by atoms with E-state index in [-0.39, 0.29) is 17.5 Å². The number of carbonyl (C=O) groups is 2. The Labute approximate surface area is 218 Å². The molecule has 3 nitrogen and oxygen atoms in total. The quantitative estimate of drug-likeness (QED) is 0.286. The second-order valence-corrected chi connectivity index (χ2v) is 13.2. The van der Waals surface area contributed by atoms with Gasteiger partial charge in [0.2, 0.25) is 0 Å². The highest BCUT2D eigenvalue weighted by molar-refractivity contribution is 5.89. The highest BCUT2D eigenvalue weighted by atomic mass is 16.5. The van der Waals surface area contributed by atoms with Gasteiger partial charge in [-0.1, -0.05) is 57.0 Å². The molecule has 196 valence electrons. The number of rotatable bonds is 7. The molecule has 0 amide bonds. The zero-order chi connectivity index (χ0) is 25.5. The summed E-state index contributed by atoms with van der Waals surface area (Å²) in [5.41, 5.74) is 2.95. The van der Waals surface area contributed by atoms with E-state index in [2.05, 4.69) is 26.8 Å².